The van der Waals surface area contributed by atoms with Crippen LogP contribution in [0.1, 0.15) is 43.2 Å². The van der Waals surface area contributed by atoms with Crippen molar-refractivity contribution < 1.29 is 8.42 Å². The van der Waals surface area contributed by atoms with Gasteiger partial charge in [0.1, 0.15) is 9.84 Å². The largest absolute Gasteiger partial charge is 0.382 e. The van der Waals surface area contributed by atoms with Crippen LogP contribution in [0.4, 0.5) is 5.69 Å². The lowest BCUT2D eigenvalue weighted by molar-refractivity contribution is 0.0405. The van der Waals surface area contributed by atoms with E-state index in [2.05, 4.69) is 22.3 Å². The number of nitrogens with zero attached hydrogens (tertiary/aromatic N) is 1. The molecule has 1 atom stereocenters. The van der Waals surface area contributed by atoms with Gasteiger partial charge in [0.05, 0.1) is 11.3 Å². The van der Waals surface area contributed by atoms with Gasteiger partial charge < -0.3 is 5.32 Å². The maximum absolute atomic E-state index is 12.2. The number of hydrogen-bond donors (Lipinski definition) is 1. The minimum atomic E-state index is -3.08. The molecule has 0 saturated heterocycles. The highest BCUT2D eigenvalue weighted by atomic mass is 35.5. The van der Waals surface area contributed by atoms with E-state index in [1.807, 2.05) is 30.3 Å². The Kier molecular flexibility index (Phi) is 6.87. The number of fused-ring (bicyclic) bond motifs is 1. The van der Waals surface area contributed by atoms with E-state index in [4.69, 9.17) is 23.2 Å². The fourth-order valence-electron chi connectivity index (χ4n) is 5.31. The van der Waals surface area contributed by atoms with Crippen LogP contribution in [0.2, 0.25) is 10.0 Å². The number of sulfone groups is 1. The fraction of sp³-hybridized carbons (Fsp3) is 0.500. The van der Waals surface area contributed by atoms with Gasteiger partial charge in [0, 0.05) is 41.1 Å². The fourth-order valence-corrected chi connectivity index (χ4v) is 6.22. The molecule has 1 aliphatic carbocycles. The third kappa shape index (κ3) is 5.22. The second kappa shape index (κ2) is 9.30. The highest BCUT2D eigenvalue weighted by Crippen LogP contribution is 2.45. The minimum Gasteiger partial charge on any atom is -0.382 e. The summed E-state index contributed by atoms with van der Waals surface area (Å²) in [6.45, 7) is 1.24. The van der Waals surface area contributed by atoms with E-state index in [-0.39, 0.29) is 11.3 Å². The number of halogens is 2. The van der Waals surface area contributed by atoms with Crippen molar-refractivity contribution in [3.63, 3.8) is 0 Å². The van der Waals surface area contributed by atoms with E-state index in [0.29, 0.717) is 17.6 Å². The number of hydrogen-bond acceptors (Lipinski definition) is 4. The molecule has 31 heavy (non-hydrogen) atoms. The monoisotopic (exact) mass is 480 g/mol. The third-order valence-electron chi connectivity index (χ3n) is 6.71. The molecule has 1 aliphatic heterocycles. The highest BCUT2D eigenvalue weighted by molar-refractivity contribution is 7.90. The summed E-state index contributed by atoms with van der Waals surface area (Å²) in [7, 11) is -3.08. The number of nitrogens with one attached hydrogen (secondary N) is 1. The molecular weight excluding hydrogens is 451 g/mol. The van der Waals surface area contributed by atoms with Crippen LogP contribution >= 0.6 is 23.2 Å². The molecule has 1 N–H and O–H groups in total. The Balaban J connectivity index is 1.81. The van der Waals surface area contributed by atoms with Crippen LogP contribution in [-0.2, 0) is 21.8 Å². The molecule has 7 heteroatoms. The molecule has 2 aliphatic rings. The van der Waals surface area contributed by atoms with E-state index >= 15 is 0 Å². The van der Waals surface area contributed by atoms with E-state index < -0.39 is 9.84 Å². The van der Waals surface area contributed by atoms with Crippen molar-refractivity contribution in [2.45, 2.75) is 50.1 Å². The van der Waals surface area contributed by atoms with Gasteiger partial charge in [0.25, 0.3) is 0 Å². The van der Waals surface area contributed by atoms with Gasteiger partial charge in [-0.2, -0.15) is 0 Å². The Bertz CT molecular complexity index is 1040. The summed E-state index contributed by atoms with van der Waals surface area (Å²) in [6.07, 6.45) is 7.92. The van der Waals surface area contributed by atoms with E-state index in [1.165, 1.54) is 31.1 Å². The molecular formula is C24H30Cl2N2O2S. The molecule has 2 aromatic carbocycles. The maximum Gasteiger partial charge on any atom is 0.148 e. The summed E-state index contributed by atoms with van der Waals surface area (Å²) < 4.78 is 24.3. The molecule has 4 nitrogen and oxygen atoms in total. The van der Waals surface area contributed by atoms with Crippen LogP contribution in [0.15, 0.2) is 42.5 Å². The van der Waals surface area contributed by atoms with Crippen molar-refractivity contribution >= 4 is 38.7 Å². The van der Waals surface area contributed by atoms with E-state index in [9.17, 15) is 8.42 Å². The Labute approximate surface area is 195 Å². The zero-order valence-electron chi connectivity index (χ0n) is 17.9. The SMILES string of the molecule is CS(=O)(=O)CCN(C1CCCCC1)C1(Cc2cccc(Cl)c2)CNc2cc(Cl)ccc21. The zero-order chi connectivity index (χ0) is 22.1. The first-order valence-corrected chi connectivity index (χ1v) is 13.8. The van der Waals surface area contributed by atoms with E-state index in [1.54, 1.807) is 0 Å². The van der Waals surface area contributed by atoms with Gasteiger partial charge in [-0.3, -0.25) is 4.90 Å². The first kappa shape index (κ1) is 22.9. The third-order valence-corrected chi connectivity index (χ3v) is 8.10. The van der Waals surface area contributed by atoms with Crippen LogP contribution in [0, 0.1) is 0 Å². The van der Waals surface area contributed by atoms with Crippen LogP contribution in [0.25, 0.3) is 0 Å². The van der Waals surface area contributed by atoms with Gasteiger partial charge in [-0.15, -0.1) is 0 Å². The number of benzene rings is 2. The lowest BCUT2D eigenvalue weighted by Crippen LogP contribution is -2.56. The van der Waals surface area contributed by atoms with Crippen LogP contribution in [0.5, 0.6) is 0 Å². The second-order valence-electron chi connectivity index (χ2n) is 9.00. The molecule has 0 bridgehead atoms. The molecule has 1 saturated carbocycles. The van der Waals surface area contributed by atoms with Crippen LogP contribution in [0.3, 0.4) is 0 Å². The summed E-state index contributed by atoms with van der Waals surface area (Å²) in [6, 6.07) is 14.4. The van der Waals surface area contributed by atoms with E-state index in [0.717, 1.165) is 42.1 Å². The molecule has 1 fully saturated rings. The van der Waals surface area contributed by atoms with Gasteiger partial charge >= 0.3 is 0 Å². The Morgan fingerprint density at radius 2 is 1.81 bits per heavy atom. The first-order chi connectivity index (χ1) is 14.8. The van der Waals surface area contributed by atoms with Crippen molar-refractivity contribution in [2.75, 3.05) is 30.4 Å². The van der Waals surface area contributed by atoms with Crippen LogP contribution in [-0.4, -0.2) is 44.5 Å². The Morgan fingerprint density at radius 3 is 2.52 bits per heavy atom. The summed E-state index contributed by atoms with van der Waals surface area (Å²) >= 11 is 12.6. The summed E-state index contributed by atoms with van der Waals surface area (Å²) in [5.74, 6) is 0.156. The molecule has 1 unspecified atom stereocenters. The van der Waals surface area contributed by atoms with Gasteiger partial charge in [0.15, 0.2) is 0 Å². The molecule has 0 spiro atoms. The van der Waals surface area contributed by atoms with Crippen LogP contribution < -0.4 is 5.32 Å². The lowest BCUT2D eigenvalue weighted by atomic mass is 9.80. The van der Waals surface area contributed by atoms with Gasteiger partial charge in [-0.1, -0.05) is 60.7 Å². The molecule has 0 aromatic heterocycles. The van der Waals surface area contributed by atoms with Crippen molar-refractivity contribution in [2.24, 2.45) is 0 Å². The predicted octanol–water partition coefficient (Wildman–Crippen LogP) is 5.54. The van der Waals surface area contributed by atoms with Crippen molar-refractivity contribution in [1.29, 1.82) is 0 Å². The smallest absolute Gasteiger partial charge is 0.148 e. The topological polar surface area (TPSA) is 49.4 Å². The zero-order valence-corrected chi connectivity index (χ0v) is 20.2. The van der Waals surface area contributed by atoms with Crippen molar-refractivity contribution in [1.82, 2.24) is 4.90 Å². The lowest BCUT2D eigenvalue weighted by Gasteiger charge is -2.47. The second-order valence-corrected chi connectivity index (χ2v) is 12.1. The first-order valence-electron chi connectivity index (χ1n) is 11.0. The average molecular weight is 481 g/mol. The maximum atomic E-state index is 12.2. The van der Waals surface area contributed by atoms with Crippen molar-refractivity contribution in [3.05, 3.63) is 63.6 Å². The normalized spacial score (nSPS) is 21.8. The van der Waals surface area contributed by atoms with Gasteiger partial charge in [-0.25, -0.2) is 8.42 Å². The Morgan fingerprint density at radius 1 is 1.06 bits per heavy atom. The molecule has 0 radical (unpaired) electrons. The summed E-state index contributed by atoms with van der Waals surface area (Å²) in [5.41, 5.74) is 3.03. The molecule has 1 heterocycles. The van der Waals surface area contributed by atoms with Crippen molar-refractivity contribution in [3.8, 4) is 0 Å². The minimum absolute atomic E-state index is 0.156. The standard InChI is InChI=1S/C24H30Cl2N2O2S/c1-31(29,30)13-12-28(21-8-3-2-4-9-21)24(16-18-6-5-7-19(25)14-18)17-27-23-15-20(26)10-11-22(23)24/h5-7,10-11,14-15,21,27H,2-4,8-9,12-13,16-17H2,1H3. The highest BCUT2D eigenvalue weighted by Gasteiger charge is 2.46. The summed E-state index contributed by atoms with van der Waals surface area (Å²) in [4.78, 5) is 2.49. The Hall–Kier alpha value is -1.27. The molecule has 4 rings (SSSR count). The number of rotatable bonds is 7. The average Bonchev–Trinajstić information content (AvgIpc) is 3.06. The molecule has 0 amide bonds. The molecule has 2 aromatic rings. The summed E-state index contributed by atoms with van der Waals surface area (Å²) in [5, 5.41) is 4.99. The predicted molar refractivity (Wildman–Crippen MR) is 130 cm³/mol. The molecule has 168 valence electrons. The number of anilines is 1. The van der Waals surface area contributed by atoms with Gasteiger partial charge in [0.2, 0.25) is 0 Å². The van der Waals surface area contributed by atoms with Gasteiger partial charge in [-0.05, 0) is 54.7 Å². The quantitative estimate of drug-likeness (QED) is 0.565.